The molecule has 1 aromatic rings. The Morgan fingerprint density at radius 1 is 1.03 bits per heavy atom. The second-order valence-electron chi connectivity index (χ2n) is 9.51. The number of amides is 3. The van der Waals surface area contributed by atoms with Gasteiger partial charge in [0.2, 0.25) is 5.91 Å². The molecule has 0 radical (unpaired) electrons. The van der Waals surface area contributed by atoms with Crippen LogP contribution >= 0.6 is 0 Å². The fraction of sp³-hybridized carbons (Fsp3) is 0.667. The summed E-state index contributed by atoms with van der Waals surface area (Å²) in [5, 5.41) is 3.27. The lowest BCUT2D eigenvalue weighted by Gasteiger charge is -2.40. The van der Waals surface area contributed by atoms with Crippen LogP contribution in [0.15, 0.2) is 18.2 Å². The summed E-state index contributed by atoms with van der Waals surface area (Å²) in [6.07, 6.45) is 5.96. The van der Waals surface area contributed by atoms with Gasteiger partial charge in [-0.3, -0.25) is 4.79 Å². The predicted molar refractivity (Wildman–Crippen MR) is 117 cm³/mol. The van der Waals surface area contributed by atoms with Crippen LogP contribution in [0.25, 0.3) is 0 Å². The molecular weight excluding hydrogens is 362 g/mol. The predicted octanol–water partition coefficient (Wildman–Crippen LogP) is 4.16. The molecule has 5 nitrogen and oxygen atoms in total. The molecule has 0 spiro atoms. The van der Waals surface area contributed by atoms with E-state index in [1.54, 1.807) is 6.92 Å². The fourth-order valence-electron chi connectivity index (χ4n) is 5.02. The van der Waals surface area contributed by atoms with Crippen LogP contribution in [0.5, 0.6) is 0 Å². The molecule has 160 valence electrons. The highest BCUT2D eigenvalue weighted by Gasteiger charge is 2.34. The summed E-state index contributed by atoms with van der Waals surface area (Å²) < 4.78 is 0. The minimum Gasteiger partial charge on any atom is -0.343 e. The number of aryl methyl sites for hydroxylation is 2. The van der Waals surface area contributed by atoms with Gasteiger partial charge in [-0.1, -0.05) is 36.2 Å². The van der Waals surface area contributed by atoms with Gasteiger partial charge < -0.3 is 15.1 Å². The average Bonchev–Trinajstić information content (AvgIpc) is 2.68. The van der Waals surface area contributed by atoms with E-state index < -0.39 is 0 Å². The van der Waals surface area contributed by atoms with Gasteiger partial charge in [0.1, 0.15) is 0 Å². The minimum absolute atomic E-state index is 0.0336. The fourth-order valence-corrected chi connectivity index (χ4v) is 5.02. The van der Waals surface area contributed by atoms with E-state index >= 15 is 0 Å². The summed E-state index contributed by atoms with van der Waals surface area (Å²) in [4.78, 5) is 28.0. The van der Waals surface area contributed by atoms with Crippen molar-refractivity contribution in [1.29, 1.82) is 0 Å². The van der Waals surface area contributed by atoms with Gasteiger partial charge in [-0.2, -0.15) is 0 Å². The SMILES string of the molecule is CC(=O)N1CCC(N(C)C(=O)NC2CCC(C)(c3cc(C)cc(C)c3)CC2)CC1. The summed E-state index contributed by atoms with van der Waals surface area (Å²) in [6.45, 7) is 9.81. The van der Waals surface area contributed by atoms with Gasteiger partial charge in [-0.05, 0) is 63.4 Å². The van der Waals surface area contributed by atoms with Gasteiger partial charge in [0.25, 0.3) is 0 Å². The quantitative estimate of drug-likeness (QED) is 0.830. The van der Waals surface area contributed by atoms with Gasteiger partial charge in [-0.25, -0.2) is 4.79 Å². The first kappa shape index (κ1) is 21.7. The molecule has 1 aliphatic carbocycles. The Morgan fingerprint density at radius 2 is 1.59 bits per heavy atom. The smallest absolute Gasteiger partial charge is 0.317 e. The lowest BCUT2D eigenvalue weighted by atomic mass is 9.69. The van der Waals surface area contributed by atoms with Gasteiger partial charge in [0, 0.05) is 39.1 Å². The zero-order valence-electron chi connectivity index (χ0n) is 18.8. The van der Waals surface area contributed by atoms with Crippen LogP contribution in [0, 0.1) is 13.8 Å². The largest absolute Gasteiger partial charge is 0.343 e. The van der Waals surface area contributed by atoms with Crippen molar-refractivity contribution < 1.29 is 9.59 Å². The van der Waals surface area contributed by atoms with Crippen molar-refractivity contribution in [1.82, 2.24) is 15.1 Å². The van der Waals surface area contributed by atoms with E-state index in [1.807, 2.05) is 16.8 Å². The molecule has 29 heavy (non-hydrogen) atoms. The molecule has 3 amide bonds. The molecule has 0 bridgehead atoms. The molecule has 1 saturated carbocycles. The molecule has 2 fully saturated rings. The van der Waals surface area contributed by atoms with Crippen molar-refractivity contribution in [3.63, 3.8) is 0 Å². The monoisotopic (exact) mass is 399 g/mol. The number of carbonyl (C=O) groups excluding carboxylic acids is 2. The first-order chi connectivity index (χ1) is 13.7. The van der Waals surface area contributed by atoms with E-state index in [0.717, 1.165) is 51.6 Å². The van der Waals surface area contributed by atoms with Crippen LogP contribution in [0.4, 0.5) is 4.79 Å². The number of benzene rings is 1. The number of rotatable bonds is 3. The third-order valence-electron chi connectivity index (χ3n) is 7.11. The summed E-state index contributed by atoms with van der Waals surface area (Å²) in [5.74, 6) is 0.129. The second kappa shape index (κ2) is 8.76. The number of piperidine rings is 1. The molecule has 5 heteroatoms. The maximum atomic E-state index is 12.8. The number of hydrogen-bond acceptors (Lipinski definition) is 2. The highest BCUT2D eigenvalue weighted by atomic mass is 16.2. The van der Waals surface area contributed by atoms with Crippen molar-refractivity contribution >= 4 is 11.9 Å². The Hall–Kier alpha value is -2.04. The first-order valence-electron chi connectivity index (χ1n) is 11.1. The van der Waals surface area contributed by atoms with Crippen molar-refractivity contribution in [3.05, 3.63) is 34.9 Å². The standard InChI is InChI=1S/C24H37N3O2/c1-17-14-18(2)16-20(15-17)24(4)10-6-21(7-11-24)25-23(29)26(5)22-8-12-27(13-9-22)19(3)28/h14-16,21-22H,6-13H2,1-5H3,(H,25,29). The molecule has 1 heterocycles. The van der Waals surface area contributed by atoms with Crippen molar-refractivity contribution in [2.24, 2.45) is 0 Å². The molecule has 1 aromatic carbocycles. The Labute approximate surface area is 175 Å². The molecule has 2 aliphatic rings. The van der Waals surface area contributed by atoms with E-state index in [9.17, 15) is 9.59 Å². The zero-order chi connectivity index (χ0) is 21.2. The summed E-state index contributed by atoms with van der Waals surface area (Å²) in [7, 11) is 1.89. The van der Waals surface area contributed by atoms with Crippen LogP contribution in [-0.2, 0) is 10.2 Å². The number of hydrogen-bond donors (Lipinski definition) is 1. The Kier molecular flexibility index (Phi) is 6.55. The highest BCUT2D eigenvalue weighted by Crippen LogP contribution is 2.39. The lowest BCUT2D eigenvalue weighted by Crippen LogP contribution is -2.52. The molecule has 1 N–H and O–H groups in total. The molecule has 1 aliphatic heterocycles. The van der Waals surface area contributed by atoms with E-state index in [-0.39, 0.29) is 29.4 Å². The minimum atomic E-state index is 0.0336. The third-order valence-corrected chi connectivity index (χ3v) is 7.11. The van der Waals surface area contributed by atoms with Gasteiger partial charge >= 0.3 is 6.03 Å². The molecule has 3 rings (SSSR count). The topological polar surface area (TPSA) is 52.7 Å². The van der Waals surface area contributed by atoms with E-state index in [1.165, 1.54) is 16.7 Å². The summed E-state index contributed by atoms with van der Waals surface area (Å²) in [6, 6.07) is 7.39. The molecular formula is C24H37N3O2. The third kappa shape index (κ3) is 5.12. The van der Waals surface area contributed by atoms with Crippen LogP contribution in [0.2, 0.25) is 0 Å². The maximum Gasteiger partial charge on any atom is 0.317 e. The first-order valence-corrected chi connectivity index (χ1v) is 11.1. The van der Waals surface area contributed by atoms with Crippen molar-refractivity contribution in [3.8, 4) is 0 Å². The van der Waals surface area contributed by atoms with Crippen LogP contribution < -0.4 is 5.32 Å². The van der Waals surface area contributed by atoms with Crippen LogP contribution in [-0.4, -0.2) is 54.0 Å². The molecule has 1 saturated heterocycles. The van der Waals surface area contributed by atoms with E-state index in [2.05, 4.69) is 44.3 Å². The number of likely N-dealkylation sites (tertiary alicyclic amines) is 1. The molecule has 0 atom stereocenters. The average molecular weight is 400 g/mol. The van der Waals surface area contributed by atoms with Gasteiger partial charge in [0.05, 0.1) is 0 Å². The lowest BCUT2D eigenvalue weighted by molar-refractivity contribution is -0.130. The van der Waals surface area contributed by atoms with Crippen molar-refractivity contribution in [2.75, 3.05) is 20.1 Å². The maximum absolute atomic E-state index is 12.8. The molecule has 0 aromatic heterocycles. The molecule has 0 unspecified atom stereocenters. The van der Waals surface area contributed by atoms with Gasteiger partial charge in [0.15, 0.2) is 0 Å². The number of nitrogens with zero attached hydrogens (tertiary/aromatic N) is 2. The van der Waals surface area contributed by atoms with Gasteiger partial charge in [-0.15, -0.1) is 0 Å². The van der Waals surface area contributed by atoms with E-state index in [4.69, 9.17) is 0 Å². The Balaban J connectivity index is 1.51. The number of nitrogens with one attached hydrogen (secondary N) is 1. The number of urea groups is 1. The highest BCUT2D eigenvalue weighted by molar-refractivity contribution is 5.75. The normalized spacial score (nSPS) is 25.6. The Morgan fingerprint density at radius 3 is 2.10 bits per heavy atom. The summed E-state index contributed by atoms with van der Waals surface area (Å²) >= 11 is 0. The number of carbonyl (C=O) groups is 2. The van der Waals surface area contributed by atoms with Crippen molar-refractivity contribution in [2.45, 2.75) is 83.7 Å². The Bertz CT molecular complexity index is 724. The van der Waals surface area contributed by atoms with E-state index in [0.29, 0.717) is 0 Å². The second-order valence-corrected chi connectivity index (χ2v) is 9.51. The summed E-state index contributed by atoms with van der Waals surface area (Å²) in [5.41, 5.74) is 4.29. The van der Waals surface area contributed by atoms with Crippen LogP contribution in [0.1, 0.15) is 69.1 Å². The zero-order valence-corrected chi connectivity index (χ0v) is 18.8. The van der Waals surface area contributed by atoms with Crippen LogP contribution in [0.3, 0.4) is 0 Å².